The van der Waals surface area contributed by atoms with E-state index in [0.29, 0.717) is 5.88 Å². The summed E-state index contributed by atoms with van der Waals surface area (Å²) in [7, 11) is 0. The third-order valence-electron chi connectivity index (χ3n) is 4.17. The molecule has 96 valence electrons. The zero-order valence-corrected chi connectivity index (χ0v) is 11.6. The molecule has 1 aliphatic rings. The van der Waals surface area contributed by atoms with Crippen LogP contribution in [0.15, 0.2) is 24.3 Å². The normalized spacial score (nSPS) is 18.6. The number of fused-ring (bicyclic) bond motifs is 1. The van der Waals surface area contributed by atoms with Crippen molar-refractivity contribution in [2.45, 2.75) is 44.6 Å². The van der Waals surface area contributed by atoms with Crippen LogP contribution in [-0.2, 0) is 12.0 Å². The van der Waals surface area contributed by atoms with Gasteiger partial charge in [0.25, 0.3) is 0 Å². The molecular formula is C15H19ClN2. The van der Waals surface area contributed by atoms with Gasteiger partial charge in [-0.05, 0) is 31.9 Å². The van der Waals surface area contributed by atoms with E-state index in [1.165, 1.54) is 31.2 Å². The summed E-state index contributed by atoms with van der Waals surface area (Å²) < 4.78 is 2.46. The number of imidazole rings is 1. The van der Waals surface area contributed by atoms with E-state index in [1.807, 2.05) is 0 Å². The van der Waals surface area contributed by atoms with Crippen LogP contribution in [0.3, 0.4) is 0 Å². The van der Waals surface area contributed by atoms with Crippen molar-refractivity contribution in [1.29, 1.82) is 0 Å². The van der Waals surface area contributed by atoms with Crippen molar-refractivity contribution in [3.63, 3.8) is 0 Å². The molecule has 0 radical (unpaired) electrons. The van der Waals surface area contributed by atoms with E-state index in [9.17, 15) is 0 Å². The van der Waals surface area contributed by atoms with E-state index in [-0.39, 0.29) is 5.54 Å². The van der Waals surface area contributed by atoms with E-state index in [2.05, 4.69) is 35.8 Å². The SMILES string of the molecule is CC1(n2c(CCCl)nc3ccccc32)CCCC1. The molecule has 0 amide bonds. The number of para-hydroxylation sites is 2. The quantitative estimate of drug-likeness (QED) is 0.762. The average molecular weight is 263 g/mol. The van der Waals surface area contributed by atoms with Crippen LogP contribution < -0.4 is 0 Å². The van der Waals surface area contributed by atoms with Gasteiger partial charge in [0, 0.05) is 17.8 Å². The Labute approximate surface area is 113 Å². The smallest absolute Gasteiger partial charge is 0.111 e. The maximum Gasteiger partial charge on any atom is 0.111 e. The predicted octanol–water partition coefficient (Wildman–Crippen LogP) is 4.11. The van der Waals surface area contributed by atoms with Crippen molar-refractivity contribution in [2.75, 3.05) is 5.88 Å². The summed E-state index contributed by atoms with van der Waals surface area (Å²) in [6.07, 6.45) is 6.00. The van der Waals surface area contributed by atoms with Crippen LogP contribution in [0.1, 0.15) is 38.4 Å². The van der Waals surface area contributed by atoms with Gasteiger partial charge in [-0.1, -0.05) is 25.0 Å². The molecule has 0 saturated heterocycles. The minimum absolute atomic E-state index is 0.234. The number of hydrogen-bond donors (Lipinski definition) is 0. The highest BCUT2D eigenvalue weighted by Gasteiger charge is 2.33. The molecule has 0 atom stereocenters. The molecule has 0 unspecified atom stereocenters. The highest BCUT2D eigenvalue weighted by molar-refractivity contribution is 6.17. The summed E-state index contributed by atoms with van der Waals surface area (Å²) in [5.41, 5.74) is 2.60. The standard InChI is InChI=1S/C15H19ClN2/c1-15(9-4-5-10-15)18-13-7-3-2-6-12(13)17-14(18)8-11-16/h2-3,6-7H,4-5,8-11H2,1H3. The molecule has 1 saturated carbocycles. The molecular weight excluding hydrogens is 244 g/mol. The number of aryl methyl sites for hydroxylation is 1. The molecule has 0 spiro atoms. The van der Waals surface area contributed by atoms with Gasteiger partial charge in [-0.25, -0.2) is 4.98 Å². The van der Waals surface area contributed by atoms with Crippen molar-refractivity contribution in [3.8, 4) is 0 Å². The maximum atomic E-state index is 5.93. The predicted molar refractivity (Wildman–Crippen MR) is 76.3 cm³/mol. The largest absolute Gasteiger partial charge is 0.322 e. The molecule has 3 rings (SSSR count). The Morgan fingerprint density at radius 2 is 2.00 bits per heavy atom. The second kappa shape index (κ2) is 4.58. The summed E-state index contributed by atoms with van der Waals surface area (Å²) in [5.74, 6) is 1.79. The summed E-state index contributed by atoms with van der Waals surface area (Å²) in [6, 6.07) is 8.44. The second-order valence-electron chi connectivity index (χ2n) is 5.50. The molecule has 0 aliphatic heterocycles. The summed E-state index contributed by atoms with van der Waals surface area (Å²) in [6.45, 7) is 2.37. The summed E-state index contributed by atoms with van der Waals surface area (Å²) in [4.78, 5) is 4.77. The first-order valence-electron chi connectivity index (χ1n) is 6.77. The Morgan fingerprint density at radius 1 is 1.28 bits per heavy atom. The van der Waals surface area contributed by atoms with Crippen molar-refractivity contribution in [2.24, 2.45) is 0 Å². The van der Waals surface area contributed by atoms with E-state index in [0.717, 1.165) is 17.8 Å². The van der Waals surface area contributed by atoms with Gasteiger partial charge in [0.2, 0.25) is 0 Å². The second-order valence-corrected chi connectivity index (χ2v) is 5.87. The lowest BCUT2D eigenvalue weighted by Crippen LogP contribution is -2.28. The first-order valence-corrected chi connectivity index (χ1v) is 7.31. The van der Waals surface area contributed by atoms with Crippen molar-refractivity contribution in [1.82, 2.24) is 9.55 Å². The van der Waals surface area contributed by atoms with Crippen LogP contribution in [0.5, 0.6) is 0 Å². The third kappa shape index (κ3) is 1.83. The molecule has 2 aromatic rings. The number of alkyl halides is 1. The van der Waals surface area contributed by atoms with Crippen LogP contribution in [0.4, 0.5) is 0 Å². The first-order chi connectivity index (χ1) is 8.74. The lowest BCUT2D eigenvalue weighted by atomic mass is 9.99. The topological polar surface area (TPSA) is 17.8 Å². The number of rotatable bonds is 3. The number of hydrogen-bond acceptors (Lipinski definition) is 1. The first kappa shape index (κ1) is 12.0. The van der Waals surface area contributed by atoms with Gasteiger partial charge in [0.15, 0.2) is 0 Å². The maximum absolute atomic E-state index is 5.93. The molecule has 18 heavy (non-hydrogen) atoms. The van der Waals surface area contributed by atoms with Gasteiger partial charge in [-0.3, -0.25) is 0 Å². The van der Waals surface area contributed by atoms with Crippen molar-refractivity contribution in [3.05, 3.63) is 30.1 Å². The zero-order valence-electron chi connectivity index (χ0n) is 10.8. The summed E-state index contributed by atoms with van der Waals surface area (Å²) in [5, 5.41) is 0. The number of aromatic nitrogens is 2. The Bertz CT molecular complexity index is 553. The third-order valence-corrected chi connectivity index (χ3v) is 4.36. The Morgan fingerprint density at radius 3 is 2.72 bits per heavy atom. The number of halogens is 1. The fourth-order valence-corrected chi connectivity index (χ4v) is 3.46. The van der Waals surface area contributed by atoms with Crippen molar-refractivity contribution >= 4 is 22.6 Å². The van der Waals surface area contributed by atoms with Gasteiger partial charge in [0.1, 0.15) is 5.82 Å². The van der Waals surface area contributed by atoms with Crippen LogP contribution in [0, 0.1) is 0 Å². The molecule has 0 N–H and O–H groups in total. The fourth-order valence-electron chi connectivity index (χ4n) is 3.29. The van der Waals surface area contributed by atoms with E-state index in [4.69, 9.17) is 16.6 Å². The summed E-state index contributed by atoms with van der Waals surface area (Å²) >= 11 is 5.93. The lowest BCUT2D eigenvalue weighted by molar-refractivity contribution is 0.329. The van der Waals surface area contributed by atoms with Gasteiger partial charge in [-0.2, -0.15) is 0 Å². The van der Waals surface area contributed by atoms with E-state index in [1.54, 1.807) is 0 Å². The number of nitrogens with zero attached hydrogens (tertiary/aromatic N) is 2. The minimum atomic E-state index is 0.234. The van der Waals surface area contributed by atoms with Crippen LogP contribution >= 0.6 is 11.6 Å². The van der Waals surface area contributed by atoms with Crippen LogP contribution in [-0.4, -0.2) is 15.4 Å². The van der Waals surface area contributed by atoms with Gasteiger partial charge < -0.3 is 4.57 Å². The van der Waals surface area contributed by atoms with Crippen LogP contribution in [0.25, 0.3) is 11.0 Å². The van der Waals surface area contributed by atoms with Gasteiger partial charge >= 0.3 is 0 Å². The highest BCUT2D eigenvalue weighted by Crippen LogP contribution is 2.39. The minimum Gasteiger partial charge on any atom is -0.322 e. The van der Waals surface area contributed by atoms with E-state index < -0.39 is 0 Å². The molecule has 1 aromatic heterocycles. The van der Waals surface area contributed by atoms with Gasteiger partial charge in [0.05, 0.1) is 11.0 Å². The number of benzene rings is 1. The molecule has 1 aliphatic carbocycles. The van der Waals surface area contributed by atoms with Crippen molar-refractivity contribution < 1.29 is 0 Å². The molecule has 2 nitrogen and oxygen atoms in total. The van der Waals surface area contributed by atoms with E-state index >= 15 is 0 Å². The Balaban J connectivity index is 2.20. The fraction of sp³-hybridized carbons (Fsp3) is 0.533. The monoisotopic (exact) mass is 262 g/mol. The molecule has 1 heterocycles. The molecule has 3 heteroatoms. The van der Waals surface area contributed by atoms with Crippen LogP contribution in [0.2, 0.25) is 0 Å². The Hall–Kier alpha value is -1.02. The molecule has 0 bridgehead atoms. The Kier molecular flexibility index (Phi) is 3.06. The average Bonchev–Trinajstić information content (AvgIpc) is 2.93. The molecule has 1 fully saturated rings. The van der Waals surface area contributed by atoms with Gasteiger partial charge in [-0.15, -0.1) is 11.6 Å². The highest BCUT2D eigenvalue weighted by atomic mass is 35.5. The lowest BCUT2D eigenvalue weighted by Gasteiger charge is -2.28. The zero-order chi connectivity index (χ0) is 12.6. The molecule has 1 aromatic carbocycles.